The van der Waals surface area contributed by atoms with Gasteiger partial charge in [0.25, 0.3) is 10.0 Å². The zero-order valence-corrected chi connectivity index (χ0v) is 25.4. The van der Waals surface area contributed by atoms with Crippen molar-refractivity contribution in [3.63, 3.8) is 0 Å². The summed E-state index contributed by atoms with van der Waals surface area (Å²) in [5, 5.41) is 2.56. The SMILES string of the molecule is CCOc1ccc(N(CC(=O)N(Cc2ccc(OC)cc2)[C@@H](C)C(=O)NC)S(=O)(=O)c2ccc(OC)c(OC)c2)cc1. The van der Waals surface area contributed by atoms with E-state index in [1.165, 1.54) is 44.4 Å². The zero-order chi connectivity index (χ0) is 30.9. The Bertz CT molecular complexity index is 1460. The third-order valence-electron chi connectivity index (χ3n) is 6.58. The van der Waals surface area contributed by atoms with E-state index in [1.807, 2.05) is 6.92 Å². The number of likely N-dealkylation sites (N-methyl/N-ethyl adjacent to an activating group) is 1. The van der Waals surface area contributed by atoms with Gasteiger partial charge in [0.2, 0.25) is 11.8 Å². The minimum Gasteiger partial charge on any atom is -0.497 e. The fourth-order valence-corrected chi connectivity index (χ4v) is 5.66. The summed E-state index contributed by atoms with van der Waals surface area (Å²) in [6, 6.07) is 16.7. The number of ether oxygens (including phenoxy) is 4. The number of sulfonamides is 1. The Balaban J connectivity index is 2.07. The van der Waals surface area contributed by atoms with E-state index in [4.69, 9.17) is 18.9 Å². The molecule has 1 atom stereocenters. The Kier molecular flexibility index (Phi) is 11.0. The van der Waals surface area contributed by atoms with Crippen molar-refractivity contribution >= 4 is 27.5 Å². The highest BCUT2D eigenvalue weighted by Crippen LogP contribution is 2.33. The summed E-state index contributed by atoms with van der Waals surface area (Å²) in [5.41, 5.74) is 0.967. The molecule has 0 aliphatic rings. The molecule has 3 aromatic rings. The summed E-state index contributed by atoms with van der Waals surface area (Å²) in [7, 11) is 1.57. The summed E-state index contributed by atoms with van der Waals surface area (Å²) < 4.78 is 50.5. The largest absolute Gasteiger partial charge is 0.497 e. The van der Waals surface area contributed by atoms with Crippen LogP contribution in [0.2, 0.25) is 0 Å². The van der Waals surface area contributed by atoms with Gasteiger partial charge in [-0.2, -0.15) is 0 Å². The Morgan fingerprint density at radius 2 is 1.48 bits per heavy atom. The molecule has 226 valence electrons. The fraction of sp³-hybridized carbons (Fsp3) is 0.333. The van der Waals surface area contributed by atoms with Crippen LogP contribution in [0.1, 0.15) is 19.4 Å². The number of benzene rings is 3. The molecule has 42 heavy (non-hydrogen) atoms. The lowest BCUT2D eigenvalue weighted by Crippen LogP contribution is -2.50. The van der Waals surface area contributed by atoms with E-state index >= 15 is 0 Å². The van der Waals surface area contributed by atoms with Gasteiger partial charge in [-0.05, 0) is 67.9 Å². The number of anilines is 1. The zero-order valence-electron chi connectivity index (χ0n) is 24.6. The van der Waals surface area contributed by atoms with Crippen LogP contribution in [-0.4, -0.2) is 72.7 Å². The van der Waals surface area contributed by atoms with Gasteiger partial charge in [-0.15, -0.1) is 0 Å². The van der Waals surface area contributed by atoms with Gasteiger partial charge in [-0.1, -0.05) is 12.1 Å². The van der Waals surface area contributed by atoms with Crippen molar-refractivity contribution in [2.24, 2.45) is 0 Å². The van der Waals surface area contributed by atoms with Crippen LogP contribution in [0, 0.1) is 0 Å². The monoisotopic (exact) mass is 599 g/mol. The standard InChI is InChI=1S/C30H37N3O8S/c1-7-41-25-14-10-23(11-15-25)33(42(36,37)26-16-17-27(39-5)28(18-26)40-6)20-29(34)32(21(2)30(35)31-3)19-22-8-12-24(38-4)13-9-22/h8-18,21H,7,19-20H2,1-6H3,(H,31,35)/t21-/m0/s1. The Morgan fingerprint density at radius 3 is 2.02 bits per heavy atom. The van der Waals surface area contributed by atoms with Crippen molar-refractivity contribution in [2.45, 2.75) is 31.3 Å². The molecule has 12 heteroatoms. The van der Waals surface area contributed by atoms with Crippen LogP contribution in [0.25, 0.3) is 0 Å². The molecule has 0 spiro atoms. The number of hydrogen-bond acceptors (Lipinski definition) is 8. The number of hydrogen-bond donors (Lipinski definition) is 1. The Labute approximate surface area is 247 Å². The van der Waals surface area contributed by atoms with Gasteiger partial charge in [-0.25, -0.2) is 8.42 Å². The van der Waals surface area contributed by atoms with Gasteiger partial charge >= 0.3 is 0 Å². The van der Waals surface area contributed by atoms with Gasteiger partial charge in [0.1, 0.15) is 24.1 Å². The number of nitrogens with zero attached hydrogens (tertiary/aromatic N) is 2. The predicted molar refractivity (Wildman–Crippen MR) is 159 cm³/mol. The first-order valence-corrected chi connectivity index (χ1v) is 14.6. The average Bonchev–Trinajstić information content (AvgIpc) is 3.02. The molecule has 0 bridgehead atoms. The van der Waals surface area contributed by atoms with Crippen molar-refractivity contribution in [3.8, 4) is 23.0 Å². The summed E-state index contributed by atoms with van der Waals surface area (Å²) in [4.78, 5) is 27.8. The molecule has 0 heterocycles. The highest BCUT2D eigenvalue weighted by atomic mass is 32.2. The molecule has 3 aromatic carbocycles. The second-order valence-electron chi connectivity index (χ2n) is 9.12. The second-order valence-corrected chi connectivity index (χ2v) is 11.0. The lowest BCUT2D eigenvalue weighted by Gasteiger charge is -2.32. The number of carbonyl (C=O) groups excluding carboxylic acids is 2. The molecule has 2 amide bonds. The lowest BCUT2D eigenvalue weighted by molar-refractivity contribution is -0.139. The van der Waals surface area contributed by atoms with Gasteiger partial charge in [-0.3, -0.25) is 13.9 Å². The Morgan fingerprint density at radius 1 is 0.857 bits per heavy atom. The fourth-order valence-electron chi connectivity index (χ4n) is 4.23. The van der Waals surface area contributed by atoms with Gasteiger partial charge < -0.3 is 29.2 Å². The summed E-state index contributed by atoms with van der Waals surface area (Å²) in [5.74, 6) is 0.771. The second kappa shape index (κ2) is 14.4. The lowest BCUT2D eigenvalue weighted by atomic mass is 10.1. The number of nitrogens with one attached hydrogen (secondary N) is 1. The van der Waals surface area contributed by atoms with E-state index in [1.54, 1.807) is 62.6 Å². The topological polar surface area (TPSA) is 124 Å². The first-order valence-electron chi connectivity index (χ1n) is 13.2. The van der Waals surface area contributed by atoms with E-state index in [2.05, 4.69) is 5.32 Å². The van der Waals surface area contributed by atoms with Crippen LogP contribution in [0.5, 0.6) is 23.0 Å². The van der Waals surface area contributed by atoms with Crippen LogP contribution in [-0.2, 0) is 26.2 Å². The van der Waals surface area contributed by atoms with E-state index < -0.39 is 34.4 Å². The maximum atomic E-state index is 14.1. The molecule has 0 saturated heterocycles. The van der Waals surface area contributed by atoms with Crippen molar-refractivity contribution in [1.29, 1.82) is 0 Å². The van der Waals surface area contributed by atoms with Crippen LogP contribution in [0.4, 0.5) is 5.69 Å². The van der Waals surface area contributed by atoms with E-state index in [9.17, 15) is 18.0 Å². The molecule has 3 rings (SSSR count). The highest BCUT2D eigenvalue weighted by Gasteiger charge is 2.33. The molecule has 0 aliphatic carbocycles. The maximum Gasteiger partial charge on any atom is 0.264 e. The number of carbonyl (C=O) groups is 2. The van der Waals surface area contributed by atoms with Crippen molar-refractivity contribution in [2.75, 3.05) is 45.8 Å². The quantitative estimate of drug-likeness (QED) is 0.299. The van der Waals surface area contributed by atoms with E-state index in [0.29, 0.717) is 23.9 Å². The average molecular weight is 600 g/mol. The number of amides is 2. The molecule has 0 saturated carbocycles. The molecule has 0 radical (unpaired) electrons. The molecule has 0 aliphatic heterocycles. The maximum absolute atomic E-state index is 14.1. The van der Waals surface area contributed by atoms with Gasteiger partial charge in [0, 0.05) is 19.7 Å². The third-order valence-corrected chi connectivity index (χ3v) is 8.35. The van der Waals surface area contributed by atoms with Crippen LogP contribution >= 0.6 is 0 Å². The molecule has 0 unspecified atom stereocenters. The Hall–Kier alpha value is -4.45. The van der Waals surface area contributed by atoms with Gasteiger partial charge in [0.15, 0.2) is 11.5 Å². The minimum absolute atomic E-state index is 0.0605. The first kappa shape index (κ1) is 32.1. The van der Waals surface area contributed by atoms with E-state index in [-0.39, 0.29) is 22.9 Å². The van der Waals surface area contributed by atoms with Crippen molar-refractivity contribution < 1.29 is 37.0 Å². The molecule has 11 nitrogen and oxygen atoms in total. The van der Waals surface area contributed by atoms with Crippen LogP contribution in [0.15, 0.2) is 71.6 Å². The summed E-state index contributed by atoms with van der Waals surface area (Å²) in [6.45, 7) is 3.34. The first-order chi connectivity index (χ1) is 20.1. The third kappa shape index (κ3) is 7.43. The molecular formula is C30H37N3O8S. The van der Waals surface area contributed by atoms with E-state index in [0.717, 1.165) is 9.87 Å². The summed E-state index contributed by atoms with van der Waals surface area (Å²) >= 11 is 0. The van der Waals surface area contributed by atoms with Crippen LogP contribution in [0.3, 0.4) is 0 Å². The van der Waals surface area contributed by atoms with Crippen LogP contribution < -0.4 is 28.6 Å². The predicted octanol–water partition coefficient (Wildman–Crippen LogP) is 3.47. The molecule has 0 aromatic heterocycles. The highest BCUT2D eigenvalue weighted by molar-refractivity contribution is 7.92. The molecule has 0 fully saturated rings. The summed E-state index contributed by atoms with van der Waals surface area (Å²) in [6.07, 6.45) is 0. The number of rotatable bonds is 14. The normalized spacial score (nSPS) is 11.7. The van der Waals surface area contributed by atoms with Gasteiger partial charge in [0.05, 0.1) is 38.5 Å². The molecular weight excluding hydrogens is 562 g/mol. The van der Waals surface area contributed by atoms with Crippen molar-refractivity contribution in [1.82, 2.24) is 10.2 Å². The minimum atomic E-state index is -4.31. The van der Waals surface area contributed by atoms with Crippen molar-refractivity contribution in [3.05, 3.63) is 72.3 Å². The number of methoxy groups -OCH3 is 3. The smallest absolute Gasteiger partial charge is 0.264 e. The molecule has 1 N–H and O–H groups in total.